The van der Waals surface area contributed by atoms with Crippen LogP contribution >= 0.6 is 11.3 Å². The Balaban J connectivity index is 1.86. The highest BCUT2D eigenvalue weighted by Crippen LogP contribution is 2.28. The summed E-state index contributed by atoms with van der Waals surface area (Å²) >= 11 is 1.75. The largest absolute Gasteiger partial charge is 0.393 e. The Hall–Kier alpha value is -0.860. The van der Waals surface area contributed by atoms with Crippen molar-refractivity contribution in [2.75, 3.05) is 20.1 Å². The SMILES string of the molecule is CN(Cc1sccc1C#CCN)CC1CC(O)C1. The van der Waals surface area contributed by atoms with Crippen LogP contribution in [-0.4, -0.2) is 36.2 Å². The van der Waals surface area contributed by atoms with Crippen molar-refractivity contribution in [1.82, 2.24) is 4.90 Å². The van der Waals surface area contributed by atoms with Gasteiger partial charge in [-0.2, -0.15) is 0 Å². The van der Waals surface area contributed by atoms with Gasteiger partial charge in [0.1, 0.15) is 0 Å². The summed E-state index contributed by atoms with van der Waals surface area (Å²) in [6.45, 7) is 2.39. The summed E-state index contributed by atoms with van der Waals surface area (Å²) in [6.07, 6.45) is 1.85. The Morgan fingerprint density at radius 3 is 3.00 bits per heavy atom. The van der Waals surface area contributed by atoms with Crippen molar-refractivity contribution < 1.29 is 5.11 Å². The van der Waals surface area contributed by atoms with Crippen LogP contribution in [0.2, 0.25) is 0 Å². The van der Waals surface area contributed by atoms with E-state index >= 15 is 0 Å². The van der Waals surface area contributed by atoms with Gasteiger partial charge < -0.3 is 15.7 Å². The fourth-order valence-electron chi connectivity index (χ4n) is 2.32. The summed E-state index contributed by atoms with van der Waals surface area (Å²) in [5.74, 6) is 6.68. The van der Waals surface area contributed by atoms with E-state index in [2.05, 4.69) is 35.2 Å². The molecule has 2 rings (SSSR count). The molecule has 0 radical (unpaired) electrons. The molecule has 0 spiro atoms. The quantitative estimate of drug-likeness (QED) is 0.805. The molecule has 1 aromatic heterocycles. The van der Waals surface area contributed by atoms with Crippen LogP contribution in [0.4, 0.5) is 0 Å². The fraction of sp³-hybridized carbons (Fsp3) is 0.571. The summed E-state index contributed by atoms with van der Waals surface area (Å²) in [4.78, 5) is 3.62. The Bertz CT molecular complexity index is 440. The highest BCUT2D eigenvalue weighted by molar-refractivity contribution is 7.10. The maximum absolute atomic E-state index is 9.28. The molecule has 3 nitrogen and oxygen atoms in total. The molecule has 3 N–H and O–H groups in total. The number of aliphatic hydroxyl groups is 1. The van der Waals surface area contributed by atoms with Gasteiger partial charge in [-0.05, 0) is 37.3 Å². The van der Waals surface area contributed by atoms with Crippen LogP contribution in [0.1, 0.15) is 23.3 Å². The molecule has 0 aliphatic heterocycles. The molecule has 98 valence electrons. The molecule has 0 amide bonds. The summed E-state index contributed by atoms with van der Waals surface area (Å²) in [6, 6.07) is 2.06. The summed E-state index contributed by atoms with van der Waals surface area (Å²) in [5.41, 5.74) is 6.50. The van der Waals surface area contributed by atoms with E-state index in [-0.39, 0.29) is 6.10 Å². The number of nitrogens with zero attached hydrogens (tertiary/aromatic N) is 1. The van der Waals surface area contributed by atoms with Crippen molar-refractivity contribution in [2.24, 2.45) is 11.7 Å². The topological polar surface area (TPSA) is 49.5 Å². The van der Waals surface area contributed by atoms with Crippen LogP contribution in [0.5, 0.6) is 0 Å². The summed E-state index contributed by atoms with van der Waals surface area (Å²) < 4.78 is 0. The van der Waals surface area contributed by atoms with E-state index in [1.807, 2.05) is 0 Å². The average molecular weight is 264 g/mol. The molecule has 1 fully saturated rings. The standard InChI is InChI=1S/C14H20N2OS/c1-16(9-11-7-13(17)8-11)10-14-12(3-2-5-15)4-6-18-14/h4,6,11,13,17H,5,7-10,15H2,1H3. The van der Waals surface area contributed by atoms with E-state index in [0.717, 1.165) is 31.5 Å². The van der Waals surface area contributed by atoms with Gasteiger partial charge in [-0.3, -0.25) is 0 Å². The second-order valence-electron chi connectivity index (χ2n) is 4.95. The Morgan fingerprint density at radius 2 is 2.33 bits per heavy atom. The highest BCUT2D eigenvalue weighted by atomic mass is 32.1. The number of hydrogen-bond acceptors (Lipinski definition) is 4. The maximum atomic E-state index is 9.28. The average Bonchev–Trinajstić information content (AvgIpc) is 2.71. The molecule has 1 aromatic rings. The van der Waals surface area contributed by atoms with Gasteiger partial charge in [0.05, 0.1) is 12.6 Å². The zero-order valence-electron chi connectivity index (χ0n) is 10.7. The lowest BCUT2D eigenvalue weighted by atomic mass is 9.82. The van der Waals surface area contributed by atoms with Crippen LogP contribution in [0.25, 0.3) is 0 Å². The number of hydrogen-bond donors (Lipinski definition) is 2. The van der Waals surface area contributed by atoms with E-state index in [1.165, 1.54) is 4.88 Å². The molecule has 1 aliphatic carbocycles. The molecule has 18 heavy (non-hydrogen) atoms. The number of thiophene rings is 1. The molecule has 1 saturated carbocycles. The van der Waals surface area contributed by atoms with Crippen molar-refractivity contribution >= 4 is 11.3 Å². The summed E-state index contributed by atoms with van der Waals surface area (Å²) in [5, 5.41) is 11.4. The van der Waals surface area contributed by atoms with Gasteiger partial charge in [0.15, 0.2) is 0 Å². The molecule has 0 aromatic carbocycles. The zero-order chi connectivity index (χ0) is 13.0. The van der Waals surface area contributed by atoms with Gasteiger partial charge >= 0.3 is 0 Å². The van der Waals surface area contributed by atoms with Crippen LogP contribution in [0.15, 0.2) is 11.4 Å². The molecule has 0 saturated heterocycles. The third-order valence-corrected chi connectivity index (χ3v) is 4.17. The molecule has 0 atom stereocenters. The molecule has 0 bridgehead atoms. The molecule has 4 heteroatoms. The second-order valence-corrected chi connectivity index (χ2v) is 5.95. The monoisotopic (exact) mass is 264 g/mol. The van der Waals surface area contributed by atoms with Crippen LogP contribution in [-0.2, 0) is 6.54 Å². The van der Waals surface area contributed by atoms with E-state index < -0.39 is 0 Å². The van der Waals surface area contributed by atoms with E-state index in [1.54, 1.807) is 11.3 Å². The maximum Gasteiger partial charge on any atom is 0.0555 e. The lowest BCUT2D eigenvalue weighted by molar-refractivity contribution is 0.0275. The molecular formula is C14H20N2OS. The minimum absolute atomic E-state index is 0.0591. The Kier molecular flexibility index (Phi) is 4.79. The van der Waals surface area contributed by atoms with Crippen molar-refractivity contribution in [3.05, 3.63) is 21.9 Å². The van der Waals surface area contributed by atoms with Gasteiger partial charge in [-0.25, -0.2) is 0 Å². The minimum Gasteiger partial charge on any atom is -0.393 e. The van der Waals surface area contributed by atoms with Crippen LogP contribution < -0.4 is 5.73 Å². The van der Waals surface area contributed by atoms with Crippen molar-refractivity contribution in [2.45, 2.75) is 25.5 Å². The van der Waals surface area contributed by atoms with Gasteiger partial charge in [0.2, 0.25) is 0 Å². The Morgan fingerprint density at radius 1 is 1.56 bits per heavy atom. The van der Waals surface area contributed by atoms with Crippen LogP contribution in [0.3, 0.4) is 0 Å². The Labute approximate surface area is 113 Å². The van der Waals surface area contributed by atoms with Crippen molar-refractivity contribution in [1.29, 1.82) is 0 Å². The first kappa shape index (κ1) is 13.6. The van der Waals surface area contributed by atoms with E-state index in [4.69, 9.17) is 5.73 Å². The fourth-order valence-corrected chi connectivity index (χ4v) is 3.23. The lowest BCUT2D eigenvalue weighted by Crippen LogP contribution is -2.36. The van der Waals surface area contributed by atoms with Gasteiger partial charge in [-0.15, -0.1) is 11.3 Å². The number of nitrogens with two attached hydrogens (primary N) is 1. The molecule has 0 unspecified atom stereocenters. The normalized spacial score (nSPS) is 22.4. The predicted molar refractivity (Wildman–Crippen MR) is 75.3 cm³/mol. The molecule has 1 aliphatic rings. The van der Waals surface area contributed by atoms with E-state index in [0.29, 0.717) is 12.5 Å². The number of aliphatic hydroxyl groups excluding tert-OH is 1. The first-order chi connectivity index (χ1) is 8.69. The molecular weight excluding hydrogens is 244 g/mol. The second kappa shape index (κ2) is 6.35. The van der Waals surface area contributed by atoms with Crippen molar-refractivity contribution in [3.63, 3.8) is 0 Å². The molecule has 1 heterocycles. The van der Waals surface area contributed by atoms with Gasteiger partial charge in [0.25, 0.3) is 0 Å². The zero-order valence-corrected chi connectivity index (χ0v) is 11.5. The first-order valence-electron chi connectivity index (χ1n) is 6.31. The van der Waals surface area contributed by atoms with Crippen molar-refractivity contribution in [3.8, 4) is 11.8 Å². The highest BCUT2D eigenvalue weighted by Gasteiger charge is 2.27. The first-order valence-corrected chi connectivity index (χ1v) is 7.19. The summed E-state index contributed by atoms with van der Waals surface area (Å²) in [7, 11) is 2.13. The number of rotatable bonds is 4. The third-order valence-electron chi connectivity index (χ3n) is 3.26. The smallest absolute Gasteiger partial charge is 0.0555 e. The van der Waals surface area contributed by atoms with E-state index in [9.17, 15) is 5.11 Å². The third kappa shape index (κ3) is 3.56. The van der Waals surface area contributed by atoms with Gasteiger partial charge in [0, 0.05) is 23.5 Å². The predicted octanol–water partition coefficient (Wildman–Crippen LogP) is 1.26. The lowest BCUT2D eigenvalue weighted by Gasteiger charge is -2.34. The minimum atomic E-state index is -0.0591. The van der Waals surface area contributed by atoms with Gasteiger partial charge in [-0.1, -0.05) is 11.8 Å². The van der Waals surface area contributed by atoms with Crippen LogP contribution in [0, 0.1) is 17.8 Å².